The third-order valence-electron chi connectivity index (χ3n) is 1.88. The van der Waals surface area contributed by atoms with Crippen LogP contribution >= 0.6 is 12.2 Å². The maximum atomic E-state index is 5.37. The summed E-state index contributed by atoms with van der Waals surface area (Å²) in [7, 11) is 1.71. The largest absolute Gasteiger partial charge is 0.441 e. The average Bonchev–Trinajstić information content (AvgIpc) is 2.57. The summed E-state index contributed by atoms with van der Waals surface area (Å²) in [6.07, 6.45) is 0. The van der Waals surface area contributed by atoms with E-state index in [1.165, 1.54) is 0 Å². The van der Waals surface area contributed by atoms with Crippen LogP contribution in [0.2, 0.25) is 0 Å². The fraction of sp³-hybridized carbons (Fsp3) is 0.200. The predicted octanol–water partition coefficient (Wildman–Crippen LogP) is 2.02. The van der Waals surface area contributed by atoms with Crippen molar-refractivity contribution in [1.29, 1.82) is 0 Å². The van der Waals surface area contributed by atoms with Crippen molar-refractivity contribution >= 4 is 28.5 Å². The Labute approximate surface area is 92.2 Å². The molecule has 0 saturated heterocycles. The van der Waals surface area contributed by atoms with Gasteiger partial charge in [-0.3, -0.25) is 0 Å². The van der Waals surface area contributed by atoms with E-state index in [0.29, 0.717) is 22.4 Å². The van der Waals surface area contributed by atoms with E-state index >= 15 is 0 Å². The van der Waals surface area contributed by atoms with Gasteiger partial charge in [-0.15, -0.1) is 0 Å². The number of rotatable bonds is 1. The number of fused-ring (bicyclic) bond motifs is 1. The van der Waals surface area contributed by atoms with Crippen molar-refractivity contribution < 1.29 is 9.15 Å². The molecule has 0 spiro atoms. The number of thiocarbonyl (C=S) groups is 1. The lowest BCUT2D eigenvalue weighted by atomic mass is 10.3. The van der Waals surface area contributed by atoms with Crippen LogP contribution in [0.5, 0.6) is 5.75 Å². The minimum Gasteiger partial charge on any atom is -0.441 e. The molecule has 1 aromatic carbocycles. The lowest BCUT2D eigenvalue weighted by Crippen LogP contribution is -2.21. The number of benzene rings is 1. The normalized spacial score (nSPS) is 10.3. The van der Waals surface area contributed by atoms with Crippen molar-refractivity contribution in [1.82, 2.24) is 10.3 Å². The molecule has 1 heterocycles. The molecule has 0 fully saturated rings. The lowest BCUT2D eigenvalue weighted by Gasteiger charge is -2.04. The lowest BCUT2D eigenvalue weighted by molar-refractivity contribution is 0.534. The highest BCUT2D eigenvalue weighted by Crippen LogP contribution is 2.21. The maximum absolute atomic E-state index is 5.37. The zero-order valence-electron chi connectivity index (χ0n) is 8.40. The fourth-order valence-electron chi connectivity index (χ4n) is 1.24. The van der Waals surface area contributed by atoms with Crippen molar-refractivity contribution in [3.05, 3.63) is 24.1 Å². The Morgan fingerprint density at radius 2 is 2.33 bits per heavy atom. The predicted molar refractivity (Wildman–Crippen MR) is 61.0 cm³/mol. The Kier molecular flexibility index (Phi) is 2.55. The van der Waals surface area contributed by atoms with Gasteiger partial charge in [-0.05, 0) is 24.4 Å². The number of hydrogen-bond acceptors (Lipinski definition) is 4. The number of ether oxygens (including phenoxy) is 1. The second-order valence-electron chi connectivity index (χ2n) is 3.00. The van der Waals surface area contributed by atoms with Crippen LogP contribution in [0.4, 0.5) is 0 Å². The molecule has 0 amide bonds. The summed E-state index contributed by atoms with van der Waals surface area (Å²) in [4.78, 5) is 4.18. The Hall–Kier alpha value is -1.62. The summed E-state index contributed by atoms with van der Waals surface area (Å²) >= 11 is 4.89. The van der Waals surface area contributed by atoms with Gasteiger partial charge in [0.05, 0.1) is 0 Å². The maximum Gasteiger partial charge on any atom is 0.261 e. The van der Waals surface area contributed by atoms with Crippen LogP contribution in [-0.4, -0.2) is 17.2 Å². The van der Waals surface area contributed by atoms with Crippen LogP contribution in [0.25, 0.3) is 11.1 Å². The molecular formula is C10H10N2O2S. The van der Waals surface area contributed by atoms with E-state index in [1.54, 1.807) is 26.1 Å². The number of oxazole rings is 1. The number of nitrogens with zero attached hydrogens (tertiary/aromatic N) is 1. The molecule has 1 N–H and O–H groups in total. The van der Waals surface area contributed by atoms with E-state index in [-0.39, 0.29) is 0 Å². The second kappa shape index (κ2) is 3.86. The summed E-state index contributed by atoms with van der Waals surface area (Å²) < 4.78 is 10.7. The first-order valence-electron chi connectivity index (χ1n) is 4.46. The molecular weight excluding hydrogens is 212 g/mol. The molecule has 0 aliphatic rings. The Bertz CT molecular complexity index is 507. The smallest absolute Gasteiger partial charge is 0.261 e. The minimum absolute atomic E-state index is 0.325. The molecule has 0 bridgehead atoms. The van der Waals surface area contributed by atoms with Crippen LogP contribution in [-0.2, 0) is 0 Å². The van der Waals surface area contributed by atoms with Gasteiger partial charge in [0.25, 0.3) is 5.17 Å². The highest BCUT2D eigenvalue weighted by Gasteiger charge is 2.04. The average molecular weight is 222 g/mol. The molecule has 0 aliphatic carbocycles. The van der Waals surface area contributed by atoms with Gasteiger partial charge in [0.15, 0.2) is 11.5 Å². The molecule has 2 aromatic rings. The van der Waals surface area contributed by atoms with Crippen LogP contribution < -0.4 is 10.1 Å². The van der Waals surface area contributed by atoms with Gasteiger partial charge < -0.3 is 14.5 Å². The highest BCUT2D eigenvalue weighted by molar-refractivity contribution is 7.80. The molecule has 0 atom stereocenters. The number of aromatic nitrogens is 1. The molecule has 0 saturated carbocycles. The van der Waals surface area contributed by atoms with E-state index in [0.717, 1.165) is 5.52 Å². The van der Waals surface area contributed by atoms with Crippen LogP contribution in [0.15, 0.2) is 22.6 Å². The molecule has 5 heteroatoms. The third-order valence-corrected chi connectivity index (χ3v) is 2.17. The zero-order valence-corrected chi connectivity index (χ0v) is 9.22. The zero-order chi connectivity index (χ0) is 10.8. The third kappa shape index (κ3) is 2.07. The Balaban J connectivity index is 2.33. The van der Waals surface area contributed by atoms with Gasteiger partial charge >= 0.3 is 0 Å². The first kappa shape index (κ1) is 9.92. The quantitative estimate of drug-likeness (QED) is 0.748. The second-order valence-corrected chi connectivity index (χ2v) is 3.37. The number of nitrogens with one attached hydrogen (secondary N) is 1. The monoisotopic (exact) mass is 222 g/mol. The molecule has 15 heavy (non-hydrogen) atoms. The van der Waals surface area contributed by atoms with E-state index in [4.69, 9.17) is 21.4 Å². The molecule has 78 valence electrons. The van der Waals surface area contributed by atoms with Gasteiger partial charge in [0.1, 0.15) is 11.3 Å². The molecule has 0 radical (unpaired) electrons. The van der Waals surface area contributed by atoms with E-state index < -0.39 is 0 Å². The molecule has 1 aromatic heterocycles. The van der Waals surface area contributed by atoms with Crippen molar-refractivity contribution in [2.45, 2.75) is 6.92 Å². The van der Waals surface area contributed by atoms with E-state index in [2.05, 4.69) is 10.3 Å². The van der Waals surface area contributed by atoms with Crippen LogP contribution in [0.3, 0.4) is 0 Å². The van der Waals surface area contributed by atoms with Crippen LogP contribution in [0, 0.1) is 6.92 Å². The van der Waals surface area contributed by atoms with Crippen molar-refractivity contribution in [2.24, 2.45) is 0 Å². The summed E-state index contributed by atoms with van der Waals surface area (Å²) in [5, 5.41) is 3.05. The summed E-state index contributed by atoms with van der Waals surface area (Å²) in [5.41, 5.74) is 1.51. The topological polar surface area (TPSA) is 47.3 Å². The first-order valence-corrected chi connectivity index (χ1v) is 4.86. The van der Waals surface area contributed by atoms with Gasteiger partial charge in [0.2, 0.25) is 0 Å². The minimum atomic E-state index is 0.325. The Morgan fingerprint density at radius 1 is 1.53 bits per heavy atom. The number of hydrogen-bond donors (Lipinski definition) is 1. The summed E-state index contributed by atoms with van der Waals surface area (Å²) in [5.74, 6) is 1.27. The summed E-state index contributed by atoms with van der Waals surface area (Å²) in [6, 6.07) is 5.40. The SMILES string of the molecule is CNC(=S)Oc1ccc2nc(C)oc2c1. The van der Waals surface area contributed by atoms with Gasteiger partial charge in [-0.2, -0.15) is 0 Å². The van der Waals surface area contributed by atoms with E-state index in [9.17, 15) is 0 Å². The van der Waals surface area contributed by atoms with Gasteiger partial charge in [0, 0.05) is 20.0 Å². The highest BCUT2D eigenvalue weighted by atomic mass is 32.1. The standard InChI is InChI=1S/C10H10N2O2S/c1-6-12-8-4-3-7(5-9(8)13-6)14-10(15)11-2/h3-5H,1-2H3,(H,11,15). The summed E-state index contributed by atoms with van der Waals surface area (Å²) in [6.45, 7) is 1.80. The van der Waals surface area contributed by atoms with Gasteiger partial charge in [-0.1, -0.05) is 0 Å². The van der Waals surface area contributed by atoms with Gasteiger partial charge in [-0.25, -0.2) is 4.98 Å². The Morgan fingerprint density at radius 3 is 3.07 bits per heavy atom. The van der Waals surface area contributed by atoms with Crippen LogP contribution in [0.1, 0.15) is 5.89 Å². The van der Waals surface area contributed by atoms with Crippen molar-refractivity contribution in [3.8, 4) is 5.75 Å². The fourth-order valence-corrected chi connectivity index (χ4v) is 1.34. The van der Waals surface area contributed by atoms with E-state index in [1.807, 2.05) is 6.07 Å². The molecule has 0 aliphatic heterocycles. The first-order chi connectivity index (χ1) is 7.19. The molecule has 4 nitrogen and oxygen atoms in total. The molecule has 0 unspecified atom stereocenters. The number of aryl methyl sites for hydroxylation is 1. The molecule has 2 rings (SSSR count). The van der Waals surface area contributed by atoms with Crippen molar-refractivity contribution in [2.75, 3.05) is 7.05 Å². The van der Waals surface area contributed by atoms with Crippen molar-refractivity contribution in [3.63, 3.8) is 0 Å².